The molecular weight excluding hydrogens is 227 g/mol. The lowest BCUT2D eigenvalue weighted by molar-refractivity contribution is 0.589. The van der Waals surface area contributed by atoms with Crippen LogP contribution in [-0.4, -0.2) is 12.6 Å². The summed E-state index contributed by atoms with van der Waals surface area (Å²) >= 11 is 0. The lowest BCUT2D eigenvalue weighted by atomic mass is 10.0. The maximum absolute atomic E-state index is 14.0. The summed E-state index contributed by atoms with van der Waals surface area (Å²) in [6, 6.07) is 5.72. The first-order chi connectivity index (χ1) is 8.66. The zero-order chi connectivity index (χ0) is 12.7. The Morgan fingerprint density at radius 2 is 2.06 bits per heavy atom. The van der Waals surface area contributed by atoms with E-state index in [1.807, 2.05) is 13.0 Å². The Balaban J connectivity index is 1.94. The summed E-state index contributed by atoms with van der Waals surface area (Å²) in [5.74, 6) is 0.652. The third-order valence-corrected chi connectivity index (χ3v) is 3.93. The fourth-order valence-electron chi connectivity index (χ4n) is 2.64. The van der Waals surface area contributed by atoms with Crippen molar-refractivity contribution in [3.8, 4) is 0 Å². The molecule has 2 saturated carbocycles. The standard InChI is InChI=1S/C15H21FN2/c1-10(17)15-13(16)3-2-4-14(15)18(12-7-8-12)9-11-5-6-11/h2-4,10-12H,5-9,17H2,1H3/t10-/m0/s1. The minimum Gasteiger partial charge on any atom is -0.368 e. The van der Waals surface area contributed by atoms with E-state index in [1.165, 1.54) is 31.7 Å². The number of anilines is 1. The van der Waals surface area contributed by atoms with Crippen molar-refractivity contribution in [2.75, 3.05) is 11.4 Å². The van der Waals surface area contributed by atoms with Crippen LogP contribution in [0.5, 0.6) is 0 Å². The predicted molar refractivity (Wildman–Crippen MR) is 72.1 cm³/mol. The van der Waals surface area contributed by atoms with Crippen molar-refractivity contribution < 1.29 is 4.39 Å². The van der Waals surface area contributed by atoms with E-state index in [4.69, 9.17) is 5.73 Å². The molecule has 0 saturated heterocycles. The second-order valence-electron chi connectivity index (χ2n) is 5.79. The summed E-state index contributed by atoms with van der Waals surface area (Å²) in [7, 11) is 0. The SMILES string of the molecule is C[C@H](N)c1c(F)cccc1N(CC1CC1)C1CC1. The van der Waals surface area contributed by atoms with Crippen molar-refractivity contribution >= 4 is 5.69 Å². The zero-order valence-corrected chi connectivity index (χ0v) is 10.9. The van der Waals surface area contributed by atoms with E-state index < -0.39 is 0 Å². The fourth-order valence-corrected chi connectivity index (χ4v) is 2.64. The van der Waals surface area contributed by atoms with Gasteiger partial charge < -0.3 is 10.6 Å². The molecule has 0 spiro atoms. The first-order valence-corrected chi connectivity index (χ1v) is 6.97. The molecule has 1 aromatic rings. The van der Waals surface area contributed by atoms with Crippen molar-refractivity contribution in [2.45, 2.75) is 44.7 Å². The second-order valence-corrected chi connectivity index (χ2v) is 5.79. The molecule has 0 unspecified atom stereocenters. The summed E-state index contributed by atoms with van der Waals surface area (Å²) < 4.78 is 14.0. The van der Waals surface area contributed by atoms with Gasteiger partial charge in [-0.2, -0.15) is 0 Å². The molecule has 2 aliphatic rings. The smallest absolute Gasteiger partial charge is 0.130 e. The molecule has 1 aromatic carbocycles. The van der Waals surface area contributed by atoms with Gasteiger partial charge in [0.25, 0.3) is 0 Å². The molecule has 0 radical (unpaired) electrons. The van der Waals surface area contributed by atoms with Crippen LogP contribution in [0, 0.1) is 11.7 Å². The molecule has 0 heterocycles. The van der Waals surface area contributed by atoms with Gasteiger partial charge in [0.15, 0.2) is 0 Å². The third-order valence-electron chi connectivity index (χ3n) is 3.93. The van der Waals surface area contributed by atoms with Crippen LogP contribution in [0.4, 0.5) is 10.1 Å². The highest BCUT2D eigenvalue weighted by atomic mass is 19.1. The van der Waals surface area contributed by atoms with Gasteiger partial charge in [0, 0.05) is 29.9 Å². The van der Waals surface area contributed by atoms with Crippen LogP contribution in [0.1, 0.15) is 44.2 Å². The van der Waals surface area contributed by atoms with Crippen LogP contribution in [0.2, 0.25) is 0 Å². The summed E-state index contributed by atoms with van der Waals surface area (Å²) in [6.45, 7) is 2.94. The normalized spacial score (nSPS) is 20.8. The van der Waals surface area contributed by atoms with Gasteiger partial charge in [-0.15, -0.1) is 0 Å². The van der Waals surface area contributed by atoms with E-state index >= 15 is 0 Å². The van der Waals surface area contributed by atoms with Crippen molar-refractivity contribution in [1.29, 1.82) is 0 Å². The predicted octanol–water partition coefficient (Wildman–Crippen LogP) is 3.22. The Hall–Kier alpha value is -1.09. The van der Waals surface area contributed by atoms with Gasteiger partial charge in [-0.25, -0.2) is 4.39 Å². The lowest BCUT2D eigenvalue weighted by Crippen LogP contribution is -2.30. The fraction of sp³-hybridized carbons (Fsp3) is 0.600. The molecule has 18 heavy (non-hydrogen) atoms. The monoisotopic (exact) mass is 248 g/mol. The first-order valence-electron chi connectivity index (χ1n) is 6.97. The Morgan fingerprint density at radius 3 is 2.61 bits per heavy atom. The van der Waals surface area contributed by atoms with Crippen LogP contribution < -0.4 is 10.6 Å². The summed E-state index contributed by atoms with van der Waals surface area (Å²) in [5, 5.41) is 0. The molecular formula is C15H21FN2. The van der Waals surface area contributed by atoms with Crippen LogP contribution >= 0.6 is 0 Å². The molecule has 0 amide bonds. The van der Waals surface area contributed by atoms with Gasteiger partial charge in [0.05, 0.1) is 0 Å². The zero-order valence-electron chi connectivity index (χ0n) is 10.9. The molecule has 2 N–H and O–H groups in total. The molecule has 2 aliphatic carbocycles. The first kappa shape index (κ1) is 12.0. The molecule has 1 atom stereocenters. The average molecular weight is 248 g/mol. The van der Waals surface area contributed by atoms with E-state index in [2.05, 4.69) is 4.90 Å². The van der Waals surface area contributed by atoms with Crippen LogP contribution in [-0.2, 0) is 0 Å². The number of halogens is 1. The third kappa shape index (κ3) is 2.37. The molecule has 0 aromatic heterocycles. The van der Waals surface area contributed by atoms with Gasteiger partial charge in [-0.05, 0) is 50.7 Å². The average Bonchev–Trinajstić information content (AvgIpc) is 3.17. The Kier molecular flexibility index (Phi) is 3.02. The molecule has 0 aliphatic heterocycles. The van der Waals surface area contributed by atoms with Crippen molar-refractivity contribution in [3.63, 3.8) is 0 Å². The van der Waals surface area contributed by atoms with E-state index in [9.17, 15) is 4.39 Å². The minimum atomic E-state index is -0.248. The van der Waals surface area contributed by atoms with E-state index in [1.54, 1.807) is 6.07 Å². The summed E-state index contributed by atoms with van der Waals surface area (Å²) in [4.78, 5) is 2.40. The number of nitrogens with zero attached hydrogens (tertiary/aromatic N) is 1. The maximum atomic E-state index is 14.0. The second kappa shape index (κ2) is 4.54. The quantitative estimate of drug-likeness (QED) is 0.867. The van der Waals surface area contributed by atoms with Crippen LogP contribution in [0.15, 0.2) is 18.2 Å². The van der Waals surface area contributed by atoms with Crippen molar-refractivity contribution in [2.24, 2.45) is 11.7 Å². The van der Waals surface area contributed by atoms with Gasteiger partial charge in [-0.3, -0.25) is 0 Å². The number of rotatable bonds is 5. The minimum absolute atomic E-state index is 0.163. The molecule has 2 nitrogen and oxygen atoms in total. The van der Waals surface area contributed by atoms with Crippen LogP contribution in [0.3, 0.4) is 0 Å². The van der Waals surface area contributed by atoms with E-state index in [-0.39, 0.29) is 11.9 Å². The topological polar surface area (TPSA) is 29.3 Å². The highest BCUT2D eigenvalue weighted by Gasteiger charge is 2.35. The number of nitrogens with two attached hydrogens (primary N) is 1. The Labute approximate surface area is 108 Å². The van der Waals surface area contributed by atoms with Crippen molar-refractivity contribution in [3.05, 3.63) is 29.6 Å². The molecule has 3 heteroatoms. The van der Waals surface area contributed by atoms with Gasteiger partial charge in [0.2, 0.25) is 0 Å². The highest BCUT2D eigenvalue weighted by molar-refractivity contribution is 5.57. The summed E-state index contributed by atoms with van der Waals surface area (Å²) in [5.41, 5.74) is 7.67. The van der Waals surface area contributed by atoms with Gasteiger partial charge in [0.1, 0.15) is 5.82 Å². The van der Waals surface area contributed by atoms with Gasteiger partial charge >= 0.3 is 0 Å². The summed E-state index contributed by atoms with van der Waals surface area (Å²) in [6.07, 6.45) is 5.13. The largest absolute Gasteiger partial charge is 0.368 e. The number of hydrogen-bond donors (Lipinski definition) is 1. The van der Waals surface area contributed by atoms with Crippen molar-refractivity contribution in [1.82, 2.24) is 0 Å². The molecule has 0 bridgehead atoms. The molecule has 98 valence electrons. The number of benzene rings is 1. The molecule has 3 rings (SSSR count). The Bertz CT molecular complexity index is 436. The highest BCUT2D eigenvalue weighted by Crippen LogP contribution is 2.40. The lowest BCUT2D eigenvalue weighted by Gasteiger charge is -2.28. The van der Waals surface area contributed by atoms with Crippen LogP contribution in [0.25, 0.3) is 0 Å². The maximum Gasteiger partial charge on any atom is 0.130 e. The van der Waals surface area contributed by atoms with E-state index in [0.717, 1.165) is 18.2 Å². The Morgan fingerprint density at radius 1 is 1.33 bits per heavy atom. The van der Waals surface area contributed by atoms with E-state index in [0.29, 0.717) is 11.6 Å². The number of hydrogen-bond acceptors (Lipinski definition) is 2. The van der Waals surface area contributed by atoms with Gasteiger partial charge in [-0.1, -0.05) is 6.07 Å². The molecule has 2 fully saturated rings.